The van der Waals surface area contributed by atoms with Crippen LogP contribution in [0.2, 0.25) is 0 Å². The second-order valence-electron chi connectivity index (χ2n) is 8.73. The van der Waals surface area contributed by atoms with Crippen molar-refractivity contribution in [3.63, 3.8) is 0 Å². The van der Waals surface area contributed by atoms with Crippen molar-refractivity contribution in [1.29, 1.82) is 0 Å². The summed E-state index contributed by atoms with van der Waals surface area (Å²) in [6.07, 6.45) is 4.09. The second-order valence-corrected chi connectivity index (χ2v) is 8.73. The Labute approximate surface area is 185 Å². The number of alkyl halides is 2. The molecule has 1 aliphatic rings. The van der Waals surface area contributed by atoms with E-state index in [1.165, 1.54) is 31.4 Å². The number of phenolic OH excluding ortho intramolecular Hbond substituents is 1. The minimum Gasteiger partial charge on any atom is -0.507 e. The molecule has 3 nitrogen and oxygen atoms in total. The lowest BCUT2D eigenvalue weighted by atomic mass is 9.76. The minimum absolute atomic E-state index is 0.00727. The first-order valence-electron chi connectivity index (χ1n) is 10.9. The predicted molar refractivity (Wildman–Crippen MR) is 114 cm³/mol. The summed E-state index contributed by atoms with van der Waals surface area (Å²) in [5.74, 6) is -5.43. The van der Waals surface area contributed by atoms with Crippen LogP contribution in [0.3, 0.4) is 0 Å². The molecule has 1 saturated carbocycles. The Kier molecular flexibility index (Phi) is 7.47. The highest BCUT2D eigenvalue weighted by Gasteiger charge is 2.28. The summed E-state index contributed by atoms with van der Waals surface area (Å²) in [6, 6.07) is 6.98. The van der Waals surface area contributed by atoms with Crippen LogP contribution in [0.4, 0.5) is 17.6 Å². The maximum absolute atomic E-state index is 14.9. The highest BCUT2D eigenvalue weighted by Crippen LogP contribution is 2.41. The minimum atomic E-state index is -2.64. The van der Waals surface area contributed by atoms with E-state index in [1.54, 1.807) is 6.07 Å². The Hall–Kier alpha value is -2.57. The normalized spacial score (nSPS) is 19.1. The number of esters is 1. The zero-order chi connectivity index (χ0) is 23.5. The predicted octanol–water partition coefficient (Wildman–Crippen LogP) is 7.22. The van der Waals surface area contributed by atoms with Gasteiger partial charge < -0.3 is 9.84 Å². The van der Waals surface area contributed by atoms with Crippen molar-refractivity contribution in [1.82, 2.24) is 0 Å². The number of benzene rings is 2. The topological polar surface area (TPSA) is 46.5 Å². The van der Waals surface area contributed by atoms with Gasteiger partial charge >= 0.3 is 5.97 Å². The number of hydrogen-bond acceptors (Lipinski definition) is 3. The third-order valence-corrected chi connectivity index (χ3v) is 6.34. The standard InChI is InChI=1S/C25H28F4O3/c1-25(28,29)13-3-4-15-5-7-16(8-6-15)18-11-12-19(23(27)22(18)26)17-9-10-20(21(30)14-17)24(31)32-2/h9-12,14-16,30H,3-8,13H2,1-2H3. The number of halogens is 4. The van der Waals surface area contributed by atoms with Gasteiger partial charge in [0, 0.05) is 12.0 Å². The van der Waals surface area contributed by atoms with E-state index in [1.807, 2.05) is 0 Å². The summed E-state index contributed by atoms with van der Waals surface area (Å²) in [6.45, 7) is 0.930. The lowest BCUT2D eigenvalue weighted by Crippen LogP contribution is -2.16. The number of rotatable bonds is 7. The molecule has 0 aromatic heterocycles. The van der Waals surface area contributed by atoms with Crippen LogP contribution in [-0.4, -0.2) is 24.1 Å². The Balaban J connectivity index is 1.69. The summed E-state index contributed by atoms with van der Waals surface area (Å²) in [7, 11) is 1.18. The van der Waals surface area contributed by atoms with E-state index in [4.69, 9.17) is 0 Å². The van der Waals surface area contributed by atoms with Gasteiger partial charge in [0.1, 0.15) is 11.3 Å². The first kappa shape index (κ1) is 24.1. The molecule has 0 unspecified atom stereocenters. The first-order valence-corrected chi connectivity index (χ1v) is 10.9. The quantitative estimate of drug-likeness (QED) is 0.356. The molecule has 1 aliphatic carbocycles. The van der Waals surface area contributed by atoms with Crippen LogP contribution >= 0.6 is 0 Å². The van der Waals surface area contributed by atoms with Crippen molar-refractivity contribution >= 4 is 5.97 Å². The van der Waals surface area contributed by atoms with Gasteiger partial charge in [-0.05, 0) is 74.1 Å². The van der Waals surface area contributed by atoms with Crippen molar-refractivity contribution in [2.75, 3.05) is 7.11 Å². The molecule has 0 amide bonds. The van der Waals surface area contributed by atoms with E-state index in [-0.39, 0.29) is 34.8 Å². The summed E-state index contributed by atoms with van der Waals surface area (Å²) in [5.41, 5.74) is 0.495. The van der Waals surface area contributed by atoms with Crippen LogP contribution < -0.4 is 0 Å². The summed E-state index contributed by atoms with van der Waals surface area (Å²) >= 11 is 0. The van der Waals surface area contributed by atoms with Crippen molar-refractivity contribution in [2.45, 2.75) is 63.7 Å². The number of phenols is 1. The summed E-state index contributed by atoms with van der Waals surface area (Å²) < 4.78 is 60.4. The third-order valence-electron chi connectivity index (χ3n) is 6.34. The van der Waals surface area contributed by atoms with Crippen LogP contribution in [0.15, 0.2) is 30.3 Å². The van der Waals surface area contributed by atoms with Gasteiger partial charge in [0.15, 0.2) is 11.6 Å². The molecule has 0 saturated heterocycles. The highest BCUT2D eigenvalue weighted by atomic mass is 19.3. The average molecular weight is 452 g/mol. The van der Waals surface area contributed by atoms with Crippen LogP contribution in [0.25, 0.3) is 11.1 Å². The Morgan fingerprint density at radius 1 is 1.09 bits per heavy atom. The van der Waals surface area contributed by atoms with Crippen LogP contribution in [0.5, 0.6) is 5.75 Å². The molecule has 1 N–H and O–H groups in total. The lowest BCUT2D eigenvalue weighted by molar-refractivity contribution is 0.00893. The van der Waals surface area contributed by atoms with Gasteiger partial charge in [0.25, 0.3) is 0 Å². The van der Waals surface area contributed by atoms with Crippen LogP contribution in [0, 0.1) is 17.6 Å². The van der Waals surface area contributed by atoms with Crippen LogP contribution in [0.1, 0.15) is 73.7 Å². The fourth-order valence-corrected chi connectivity index (χ4v) is 4.55. The number of carbonyl (C=O) groups excluding carboxylic acids is 1. The molecule has 32 heavy (non-hydrogen) atoms. The summed E-state index contributed by atoms with van der Waals surface area (Å²) in [4.78, 5) is 11.6. The van der Waals surface area contributed by atoms with Gasteiger partial charge in [-0.25, -0.2) is 22.4 Å². The molecule has 0 aliphatic heterocycles. The van der Waals surface area contributed by atoms with Crippen molar-refractivity contribution in [3.05, 3.63) is 53.1 Å². The van der Waals surface area contributed by atoms with E-state index in [2.05, 4.69) is 4.74 Å². The molecule has 3 rings (SSSR count). The van der Waals surface area contributed by atoms with E-state index < -0.39 is 23.5 Å². The smallest absolute Gasteiger partial charge is 0.341 e. The van der Waals surface area contributed by atoms with Crippen molar-refractivity contribution < 1.29 is 32.2 Å². The maximum atomic E-state index is 14.9. The highest BCUT2D eigenvalue weighted by molar-refractivity contribution is 5.93. The molecule has 7 heteroatoms. The number of methoxy groups -OCH3 is 1. The largest absolute Gasteiger partial charge is 0.507 e. The van der Waals surface area contributed by atoms with Crippen molar-refractivity contribution in [3.8, 4) is 16.9 Å². The number of ether oxygens (including phenoxy) is 1. The van der Waals surface area contributed by atoms with E-state index in [9.17, 15) is 27.5 Å². The fraction of sp³-hybridized carbons (Fsp3) is 0.480. The average Bonchev–Trinajstić information content (AvgIpc) is 2.75. The Morgan fingerprint density at radius 2 is 1.78 bits per heavy atom. The van der Waals surface area contributed by atoms with E-state index >= 15 is 0 Å². The van der Waals surface area contributed by atoms with Crippen LogP contribution in [-0.2, 0) is 4.74 Å². The molecular weight excluding hydrogens is 424 g/mol. The summed E-state index contributed by atoms with van der Waals surface area (Å²) in [5, 5.41) is 10.0. The van der Waals surface area contributed by atoms with Gasteiger partial charge in [0.2, 0.25) is 5.92 Å². The zero-order valence-corrected chi connectivity index (χ0v) is 18.3. The monoisotopic (exact) mass is 452 g/mol. The van der Waals surface area contributed by atoms with Gasteiger partial charge in [-0.1, -0.05) is 24.6 Å². The zero-order valence-electron chi connectivity index (χ0n) is 18.3. The molecule has 0 radical (unpaired) electrons. The number of carbonyl (C=O) groups is 1. The van der Waals surface area contributed by atoms with Gasteiger partial charge in [-0.3, -0.25) is 0 Å². The molecule has 0 bridgehead atoms. The molecule has 2 aromatic carbocycles. The second kappa shape index (κ2) is 9.92. The molecule has 1 fully saturated rings. The fourth-order valence-electron chi connectivity index (χ4n) is 4.55. The SMILES string of the molecule is COC(=O)c1ccc(-c2ccc(C3CCC(CCCC(C)(F)F)CC3)c(F)c2F)cc1O. The molecule has 174 valence electrons. The Morgan fingerprint density at radius 3 is 2.38 bits per heavy atom. The van der Waals surface area contributed by atoms with E-state index in [0.717, 1.165) is 26.2 Å². The molecule has 0 spiro atoms. The van der Waals surface area contributed by atoms with Gasteiger partial charge in [0.05, 0.1) is 7.11 Å². The number of aromatic hydroxyl groups is 1. The first-order chi connectivity index (χ1) is 15.1. The maximum Gasteiger partial charge on any atom is 0.341 e. The molecular formula is C25H28F4O3. The van der Waals surface area contributed by atoms with Crippen molar-refractivity contribution in [2.24, 2.45) is 5.92 Å². The molecule has 0 atom stereocenters. The van der Waals surface area contributed by atoms with Gasteiger partial charge in [-0.15, -0.1) is 0 Å². The van der Waals surface area contributed by atoms with Gasteiger partial charge in [-0.2, -0.15) is 0 Å². The lowest BCUT2D eigenvalue weighted by Gasteiger charge is -2.29. The third kappa shape index (κ3) is 5.61. The molecule has 2 aromatic rings. The number of hydrogen-bond donors (Lipinski definition) is 1. The Bertz CT molecular complexity index is 960. The van der Waals surface area contributed by atoms with E-state index in [0.29, 0.717) is 30.7 Å². The molecule has 0 heterocycles.